The largest absolute Gasteiger partial charge is 0.378 e. The molecule has 3 rings (SSSR count). The number of hydrogen-bond donors (Lipinski definition) is 2. The number of carbonyl (C=O) groups is 1. The molecule has 152 valence electrons. The van der Waals surface area contributed by atoms with Crippen LogP contribution < -0.4 is 15.5 Å². The first-order chi connectivity index (χ1) is 13.8. The van der Waals surface area contributed by atoms with Gasteiger partial charge in [-0.15, -0.1) is 0 Å². The van der Waals surface area contributed by atoms with Gasteiger partial charge in [0.15, 0.2) is 5.11 Å². The van der Waals surface area contributed by atoms with Gasteiger partial charge in [-0.3, -0.25) is 20.2 Å². The minimum absolute atomic E-state index is 0.123. The van der Waals surface area contributed by atoms with E-state index in [1.807, 2.05) is 36.9 Å². The number of morpholine rings is 1. The lowest BCUT2D eigenvalue weighted by Crippen LogP contribution is -2.39. The molecule has 0 radical (unpaired) electrons. The fourth-order valence-electron chi connectivity index (χ4n) is 3.05. The predicted octanol–water partition coefficient (Wildman–Crippen LogP) is 3.18. The van der Waals surface area contributed by atoms with Crippen molar-refractivity contribution in [3.63, 3.8) is 0 Å². The van der Waals surface area contributed by atoms with Gasteiger partial charge in [0.2, 0.25) is 0 Å². The summed E-state index contributed by atoms with van der Waals surface area (Å²) in [6.07, 6.45) is 0. The highest BCUT2D eigenvalue weighted by Gasteiger charge is 2.22. The Kier molecular flexibility index (Phi) is 6.40. The van der Waals surface area contributed by atoms with Crippen LogP contribution in [0.5, 0.6) is 0 Å². The van der Waals surface area contributed by atoms with Crippen LogP contribution in [0.2, 0.25) is 0 Å². The number of hydrogen-bond acceptors (Lipinski definition) is 6. The van der Waals surface area contributed by atoms with Gasteiger partial charge in [-0.25, -0.2) is 0 Å². The molecule has 8 nitrogen and oxygen atoms in total. The number of nitrogens with zero attached hydrogens (tertiary/aromatic N) is 2. The third-order valence-corrected chi connectivity index (χ3v) is 4.98. The molecule has 0 bridgehead atoms. The van der Waals surface area contributed by atoms with E-state index in [9.17, 15) is 14.9 Å². The molecule has 0 aromatic heterocycles. The maximum atomic E-state index is 12.9. The highest BCUT2D eigenvalue weighted by atomic mass is 32.1. The highest BCUT2D eigenvalue weighted by molar-refractivity contribution is 7.80. The van der Waals surface area contributed by atoms with Crippen molar-refractivity contribution in [2.45, 2.75) is 13.8 Å². The van der Waals surface area contributed by atoms with Crippen molar-refractivity contribution in [1.82, 2.24) is 5.32 Å². The van der Waals surface area contributed by atoms with Gasteiger partial charge in [0.25, 0.3) is 11.6 Å². The normalized spacial score (nSPS) is 13.7. The van der Waals surface area contributed by atoms with E-state index in [1.165, 1.54) is 12.1 Å². The molecular weight excluding hydrogens is 392 g/mol. The first kappa shape index (κ1) is 20.7. The third-order valence-electron chi connectivity index (χ3n) is 4.78. The summed E-state index contributed by atoms with van der Waals surface area (Å²) in [4.78, 5) is 25.5. The highest BCUT2D eigenvalue weighted by Crippen LogP contribution is 2.26. The Morgan fingerprint density at radius 2 is 1.86 bits per heavy atom. The lowest BCUT2D eigenvalue weighted by Gasteiger charge is -2.30. The van der Waals surface area contributed by atoms with Gasteiger partial charge in [0, 0.05) is 30.9 Å². The van der Waals surface area contributed by atoms with Gasteiger partial charge in [0.1, 0.15) is 0 Å². The van der Waals surface area contributed by atoms with Gasteiger partial charge in [-0.1, -0.05) is 6.07 Å². The number of aryl methyl sites for hydroxylation is 2. The Hall–Kier alpha value is -3.04. The SMILES string of the molecule is Cc1ccc(NC(=S)NC(=O)c2cc([N+](=O)[O-])ccc2N2CCOCC2)cc1C. The van der Waals surface area contributed by atoms with E-state index in [2.05, 4.69) is 10.6 Å². The zero-order valence-electron chi connectivity index (χ0n) is 16.2. The molecule has 0 atom stereocenters. The van der Waals surface area contributed by atoms with Crippen molar-refractivity contribution in [2.75, 3.05) is 36.5 Å². The lowest BCUT2D eigenvalue weighted by molar-refractivity contribution is -0.384. The molecule has 0 saturated carbocycles. The monoisotopic (exact) mass is 414 g/mol. The molecular formula is C20H22N4O4S. The van der Waals surface area contributed by atoms with E-state index in [0.29, 0.717) is 32.0 Å². The van der Waals surface area contributed by atoms with Crippen molar-refractivity contribution in [1.29, 1.82) is 0 Å². The Balaban J connectivity index is 1.80. The number of thiocarbonyl (C=S) groups is 1. The molecule has 9 heteroatoms. The Bertz CT molecular complexity index is 957. The molecule has 0 spiro atoms. The van der Waals surface area contributed by atoms with E-state index >= 15 is 0 Å². The number of non-ortho nitro benzene ring substituents is 1. The number of amides is 1. The number of rotatable bonds is 4. The smallest absolute Gasteiger partial charge is 0.270 e. The zero-order chi connectivity index (χ0) is 21.0. The molecule has 2 N–H and O–H groups in total. The molecule has 1 heterocycles. The van der Waals surface area contributed by atoms with Crippen LogP contribution in [0.1, 0.15) is 21.5 Å². The Morgan fingerprint density at radius 3 is 2.52 bits per heavy atom. The van der Waals surface area contributed by atoms with Crippen molar-refractivity contribution >= 4 is 40.3 Å². The van der Waals surface area contributed by atoms with E-state index in [4.69, 9.17) is 17.0 Å². The minimum atomic E-state index is -0.522. The number of anilines is 2. The summed E-state index contributed by atoms with van der Waals surface area (Å²) < 4.78 is 5.35. The number of nitro groups is 1. The summed E-state index contributed by atoms with van der Waals surface area (Å²) in [5.41, 5.74) is 3.66. The summed E-state index contributed by atoms with van der Waals surface area (Å²) >= 11 is 5.26. The van der Waals surface area contributed by atoms with Gasteiger partial charge < -0.3 is 15.0 Å². The van der Waals surface area contributed by atoms with Crippen molar-refractivity contribution in [3.8, 4) is 0 Å². The minimum Gasteiger partial charge on any atom is -0.378 e. The van der Waals surface area contributed by atoms with E-state index < -0.39 is 10.8 Å². The summed E-state index contributed by atoms with van der Waals surface area (Å²) in [6, 6.07) is 10.0. The third kappa shape index (κ3) is 5.07. The number of nitro benzene ring substituents is 1. The fraction of sp³-hybridized carbons (Fsp3) is 0.300. The predicted molar refractivity (Wildman–Crippen MR) is 116 cm³/mol. The number of benzene rings is 2. The van der Waals surface area contributed by atoms with Crippen LogP contribution in [-0.4, -0.2) is 42.2 Å². The van der Waals surface area contributed by atoms with Gasteiger partial charge in [-0.05, 0) is 55.4 Å². The van der Waals surface area contributed by atoms with Gasteiger partial charge in [0.05, 0.1) is 29.4 Å². The molecule has 29 heavy (non-hydrogen) atoms. The van der Waals surface area contributed by atoms with E-state index in [-0.39, 0.29) is 16.4 Å². The topological polar surface area (TPSA) is 96.7 Å². The number of ether oxygens (including phenoxy) is 1. The van der Waals surface area contributed by atoms with Crippen molar-refractivity contribution in [3.05, 3.63) is 63.2 Å². The molecule has 0 unspecified atom stereocenters. The first-order valence-electron chi connectivity index (χ1n) is 9.16. The van der Waals surface area contributed by atoms with Crippen molar-refractivity contribution in [2.24, 2.45) is 0 Å². The molecule has 1 fully saturated rings. The standard InChI is InChI=1S/C20H22N4O4S/c1-13-3-4-15(11-14(13)2)21-20(29)22-19(25)17-12-16(24(26)27)5-6-18(17)23-7-9-28-10-8-23/h3-6,11-12H,7-10H2,1-2H3,(H2,21,22,25,29). The van der Waals surface area contributed by atoms with E-state index in [1.54, 1.807) is 6.07 Å². The second-order valence-corrected chi connectivity index (χ2v) is 7.17. The molecule has 2 aromatic rings. The average molecular weight is 414 g/mol. The van der Waals surface area contributed by atoms with Crippen molar-refractivity contribution < 1.29 is 14.5 Å². The zero-order valence-corrected chi connectivity index (χ0v) is 17.0. The maximum absolute atomic E-state index is 12.9. The van der Waals surface area contributed by atoms with E-state index in [0.717, 1.165) is 16.8 Å². The fourth-order valence-corrected chi connectivity index (χ4v) is 3.26. The second-order valence-electron chi connectivity index (χ2n) is 6.77. The lowest BCUT2D eigenvalue weighted by atomic mass is 10.1. The number of carbonyl (C=O) groups excluding carboxylic acids is 1. The Morgan fingerprint density at radius 1 is 1.14 bits per heavy atom. The van der Waals surface area contributed by atoms with Crippen LogP contribution in [0, 0.1) is 24.0 Å². The van der Waals surface area contributed by atoms with Gasteiger partial charge in [-0.2, -0.15) is 0 Å². The average Bonchev–Trinajstić information content (AvgIpc) is 2.70. The molecule has 1 aliphatic heterocycles. The van der Waals surface area contributed by atoms with Crippen LogP contribution in [-0.2, 0) is 4.74 Å². The summed E-state index contributed by atoms with van der Waals surface area (Å²) in [5, 5.41) is 16.9. The summed E-state index contributed by atoms with van der Waals surface area (Å²) in [6.45, 7) is 6.26. The second kappa shape index (κ2) is 8.97. The molecule has 2 aromatic carbocycles. The Labute approximate surface area is 174 Å². The van der Waals surface area contributed by atoms with Crippen LogP contribution >= 0.6 is 12.2 Å². The van der Waals surface area contributed by atoms with Crippen LogP contribution in [0.15, 0.2) is 36.4 Å². The quantitative estimate of drug-likeness (QED) is 0.451. The molecule has 1 amide bonds. The molecule has 0 aliphatic carbocycles. The molecule has 1 aliphatic rings. The molecule has 1 saturated heterocycles. The van der Waals surface area contributed by atoms with Gasteiger partial charge >= 0.3 is 0 Å². The summed E-state index contributed by atoms with van der Waals surface area (Å²) in [7, 11) is 0. The number of nitrogens with one attached hydrogen (secondary N) is 2. The first-order valence-corrected chi connectivity index (χ1v) is 9.56. The van der Waals surface area contributed by atoms with Crippen LogP contribution in [0.3, 0.4) is 0 Å². The summed E-state index contributed by atoms with van der Waals surface area (Å²) in [5.74, 6) is -0.503. The van der Waals surface area contributed by atoms with Crippen LogP contribution in [0.4, 0.5) is 17.1 Å². The maximum Gasteiger partial charge on any atom is 0.270 e. The van der Waals surface area contributed by atoms with Crippen LogP contribution in [0.25, 0.3) is 0 Å².